The van der Waals surface area contributed by atoms with Crippen molar-refractivity contribution in [2.75, 3.05) is 0 Å². The summed E-state index contributed by atoms with van der Waals surface area (Å²) in [5.41, 5.74) is 6.25. The van der Waals surface area contributed by atoms with Crippen LogP contribution in [0.1, 0.15) is 0 Å². The zero-order chi connectivity index (χ0) is 13.4. The van der Waals surface area contributed by atoms with E-state index in [1.807, 2.05) is 23.4 Å². The second-order valence-corrected chi connectivity index (χ2v) is 6.21. The zero-order valence-electron chi connectivity index (χ0n) is 10.5. The molecule has 0 atom stereocenters. The van der Waals surface area contributed by atoms with Gasteiger partial charge < -0.3 is 0 Å². The first-order valence-electron chi connectivity index (χ1n) is 6.23. The molecular formula is C16H10N2S2. The van der Waals surface area contributed by atoms with Gasteiger partial charge in [0.05, 0.1) is 20.8 Å². The smallest absolute Gasteiger partial charge is 0.0797 e. The highest BCUT2D eigenvalue weighted by Gasteiger charge is 2.10. The van der Waals surface area contributed by atoms with Crippen molar-refractivity contribution < 1.29 is 0 Å². The molecule has 2 aromatic carbocycles. The molecule has 2 nitrogen and oxygen atoms in total. The van der Waals surface area contributed by atoms with Crippen LogP contribution in [0.5, 0.6) is 0 Å². The summed E-state index contributed by atoms with van der Waals surface area (Å²) in [6.45, 7) is 0. The zero-order valence-corrected chi connectivity index (χ0v) is 12.1. The van der Waals surface area contributed by atoms with E-state index in [9.17, 15) is 0 Å². The lowest BCUT2D eigenvalue weighted by molar-refractivity contribution is 1.42. The molecule has 0 fully saturated rings. The second-order valence-electron chi connectivity index (χ2n) is 4.44. The Bertz CT molecular complexity index is 777. The van der Waals surface area contributed by atoms with Crippen LogP contribution in [0.2, 0.25) is 0 Å². The largest absolute Gasteiger partial charge is 0.252 e. The van der Waals surface area contributed by atoms with Crippen molar-refractivity contribution in [2.45, 2.75) is 0 Å². The maximum Gasteiger partial charge on any atom is 0.0797 e. The minimum absolute atomic E-state index is 1.21. The van der Waals surface area contributed by atoms with Crippen LogP contribution in [0.3, 0.4) is 0 Å². The van der Waals surface area contributed by atoms with Crippen LogP contribution in [-0.2, 0) is 0 Å². The first-order valence-corrected chi connectivity index (χ1v) is 7.99. The van der Waals surface area contributed by atoms with Crippen molar-refractivity contribution in [3.8, 4) is 20.9 Å². The number of hydrogen-bond donors (Lipinski definition) is 0. The van der Waals surface area contributed by atoms with Crippen molar-refractivity contribution in [2.24, 2.45) is 0 Å². The second kappa shape index (κ2) is 4.81. The third-order valence-electron chi connectivity index (χ3n) is 3.32. The van der Waals surface area contributed by atoms with Gasteiger partial charge in [0.1, 0.15) is 0 Å². The van der Waals surface area contributed by atoms with Crippen LogP contribution >= 0.6 is 22.7 Å². The van der Waals surface area contributed by atoms with Gasteiger partial charge in [-0.05, 0) is 10.8 Å². The number of hydrogen-bond acceptors (Lipinski definition) is 4. The lowest BCUT2D eigenvalue weighted by Crippen LogP contribution is -1.82. The van der Waals surface area contributed by atoms with Crippen LogP contribution in [0.4, 0.5) is 0 Å². The Morgan fingerprint density at radius 2 is 1.15 bits per heavy atom. The fourth-order valence-electron chi connectivity index (χ4n) is 2.43. The molecule has 0 spiro atoms. The topological polar surface area (TPSA) is 25.8 Å². The lowest BCUT2D eigenvalue weighted by atomic mass is 9.98. The highest BCUT2D eigenvalue weighted by molar-refractivity contribution is 7.13. The Morgan fingerprint density at radius 1 is 0.650 bits per heavy atom. The molecule has 0 aliphatic carbocycles. The van der Waals surface area contributed by atoms with Crippen LogP contribution in [0.15, 0.2) is 59.8 Å². The van der Waals surface area contributed by atoms with Crippen LogP contribution in [0.25, 0.3) is 31.7 Å². The van der Waals surface area contributed by atoms with Gasteiger partial charge in [0.15, 0.2) is 0 Å². The fraction of sp³-hybridized carbons (Fsp3) is 0. The van der Waals surface area contributed by atoms with E-state index in [0.717, 1.165) is 0 Å². The van der Waals surface area contributed by atoms with Gasteiger partial charge in [-0.1, -0.05) is 36.4 Å². The van der Waals surface area contributed by atoms with Gasteiger partial charge in [-0.25, -0.2) is 0 Å². The molecule has 2 heterocycles. The van der Waals surface area contributed by atoms with E-state index in [-0.39, 0.29) is 0 Å². The molecule has 4 rings (SSSR count). The van der Waals surface area contributed by atoms with Crippen molar-refractivity contribution in [1.29, 1.82) is 0 Å². The molecule has 0 unspecified atom stereocenters. The first-order chi connectivity index (χ1) is 9.93. The normalized spacial score (nSPS) is 11.0. The molecule has 96 valence electrons. The molecule has 0 saturated carbocycles. The summed E-state index contributed by atoms with van der Waals surface area (Å²) in [6, 6.07) is 12.9. The van der Waals surface area contributed by atoms with Crippen molar-refractivity contribution in [3.05, 3.63) is 59.8 Å². The summed E-state index contributed by atoms with van der Waals surface area (Å²) in [4.78, 5) is 10.8. The molecule has 0 aliphatic rings. The lowest BCUT2D eigenvalue weighted by Gasteiger charge is -2.08. The summed E-state index contributed by atoms with van der Waals surface area (Å²) < 4.78 is 0. The molecule has 0 aliphatic heterocycles. The monoisotopic (exact) mass is 294 g/mol. The van der Waals surface area contributed by atoms with Gasteiger partial charge in [0, 0.05) is 23.5 Å². The Labute approximate surface area is 124 Å². The summed E-state index contributed by atoms with van der Waals surface area (Å²) in [6.07, 6.45) is 3.86. The van der Waals surface area contributed by atoms with Gasteiger partial charge in [-0.2, -0.15) is 0 Å². The van der Waals surface area contributed by atoms with Crippen molar-refractivity contribution >= 4 is 33.4 Å². The van der Waals surface area contributed by atoms with E-state index in [1.54, 1.807) is 22.7 Å². The highest BCUT2D eigenvalue weighted by Crippen LogP contribution is 2.37. The van der Waals surface area contributed by atoms with Gasteiger partial charge in [-0.15, -0.1) is 22.7 Å². The maximum atomic E-state index is 4.19. The minimum Gasteiger partial charge on any atom is -0.252 e. The molecule has 0 saturated heterocycles. The molecule has 0 amide bonds. The third kappa shape index (κ3) is 1.85. The SMILES string of the molecule is c1ccc2c(-c3cncs3)ccc(-c3cncs3)c2c1. The minimum atomic E-state index is 1.21. The molecule has 0 radical (unpaired) electrons. The predicted molar refractivity (Wildman–Crippen MR) is 86.2 cm³/mol. The van der Waals surface area contributed by atoms with Crippen molar-refractivity contribution in [3.63, 3.8) is 0 Å². The Balaban J connectivity index is 2.05. The number of rotatable bonds is 2. The third-order valence-corrected chi connectivity index (χ3v) is 4.93. The van der Waals surface area contributed by atoms with E-state index in [0.29, 0.717) is 0 Å². The quantitative estimate of drug-likeness (QED) is 0.515. The van der Waals surface area contributed by atoms with Gasteiger partial charge >= 0.3 is 0 Å². The summed E-state index contributed by atoms with van der Waals surface area (Å²) in [7, 11) is 0. The van der Waals surface area contributed by atoms with E-state index in [1.165, 1.54) is 31.7 Å². The van der Waals surface area contributed by atoms with Crippen molar-refractivity contribution in [1.82, 2.24) is 9.97 Å². The van der Waals surface area contributed by atoms with Gasteiger partial charge in [0.25, 0.3) is 0 Å². The van der Waals surface area contributed by atoms with Gasteiger partial charge in [0.2, 0.25) is 0 Å². The predicted octanol–water partition coefficient (Wildman–Crippen LogP) is 5.09. The first kappa shape index (κ1) is 11.8. The maximum absolute atomic E-state index is 4.19. The Hall–Kier alpha value is -2.04. The summed E-state index contributed by atoms with van der Waals surface area (Å²) >= 11 is 3.35. The molecular weight excluding hydrogens is 284 g/mol. The van der Waals surface area contributed by atoms with E-state index in [4.69, 9.17) is 0 Å². The Morgan fingerprint density at radius 3 is 1.55 bits per heavy atom. The van der Waals surface area contributed by atoms with Crippen LogP contribution in [0, 0.1) is 0 Å². The molecule has 0 bridgehead atoms. The number of nitrogens with zero attached hydrogens (tertiary/aromatic N) is 2. The Kier molecular flexibility index (Phi) is 2.83. The standard InChI is InChI=1S/C16H10N2S2/c1-2-4-12-11(3-1)13(15-7-17-9-19-15)5-6-14(12)16-8-18-10-20-16/h1-10H. The van der Waals surface area contributed by atoms with Crippen LogP contribution in [-0.4, -0.2) is 9.97 Å². The van der Waals surface area contributed by atoms with E-state index in [2.05, 4.69) is 46.4 Å². The average Bonchev–Trinajstić information content (AvgIpc) is 3.19. The number of fused-ring (bicyclic) bond motifs is 1. The molecule has 2 aromatic heterocycles. The average molecular weight is 294 g/mol. The summed E-state index contributed by atoms with van der Waals surface area (Å²) in [5.74, 6) is 0. The highest BCUT2D eigenvalue weighted by atomic mass is 32.1. The van der Waals surface area contributed by atoms with Crippen LogP contribution < -0.4 is 0 Å². The molecule has 4 aromatic rings. The van der Waals surface area contributed by atoms with E-state index < -0.39 is 0 Å². The molecule has 0 N–H and O–H groups in total. The molecule has 20 heavy (non-hydrogen) atoms. The fourth-order valence-corrected chi connectivity index (χ4v) is 3.75. The molecule has 4 heteroatoms. The number of benzene rings is 2. The summed E-state index contributed by atoms with van der Waals surface area (Å²) in [5, 5.41) is 2.53. The van der Waals surface area contributed by atoms with E-state index >= 15 is 0 Å². The number of thiazole rings is 2. The number of aromatic nitrogens is 2. The van der Waals surface area contributed by atoms with Gasteiger partial charge in [-0.3, -0.25) is 9.97 Å².